The van der Waals surface area contributed by atoms with Crippen molar-refractivity contribution in [2.75, 3.05) is 0 Å². The van der Waals surface area contributed by atoms with E-state index in [4.69, 9.17) is 0 Å². The molecule has 0 unspecified atom stereocenters. The second-order valence-electron chi connectivity index (χ2n) is 2.60. The SMILES string of the molecule is C=CCCC(=CC)CCC=C. The van der Waals surface area contributed by atoms with Crippen LogP contribution in [0.5, 0.6) is 0 Å². The summed E-state index contributed by atoms with van der Waals surface area (Å²) in [5.41, 5.74) is 1.52. The normalized spacial score (nSPS) is 8.82. The lowest BCUT2D eigenvalue weighted by Crippen LogP contribution is -1.81. The van der Waals surface area contributed by atoms with Gasteiger partial charge in [0.25, 0.3) is 0 Å². The van der Waals surface area contributed by atoms with Gasteiger partial charge in [0.15, 0.2) is 0 Å². The number of rotatable bonds is 6. The highest BCUT2D eigenvalue weighted by molar-refractivity contribution is 5.02. The Morgan fingerprint density at radius 1 is 1.09 bits per heavy atom. The van der Waals surface area contributed by atoms with E-state index in [2.05, 4.69) is 26.2 Å². The van der Waals surface area contributed by atoms with Gasteiger partial charge in [-0.2, -0.15) is 0 Å². The van der Waals surface area contributed by atoms with Crippen molar-refractivity contribution in [2.24, 2.45) is 0 Å². The van der Waals surface area contributed by atoms with E-state index < -0.39 is 0 Å². The Balaban J connectivity index is 3.58. The number of allylic oxidation sites excluding steroid dienone is 4. The molecule has 0 aliphatic heterocycles. The van der Waals surface area contributed by atoms with Crippen LogP contribution in [0.25, 0.3) is 0 Å². The summed E-state index contributed by atoms with van der Waals surface area (Å²) in [7, 11) is 0. The van der Waals surface area contributed by atoms with Gasteiger partial charge < -0.3 is 0 Å². The number of hydrogen-bond acceptors (Lipinski definition) is 0. The average molecular weight is 150 g/mol. The van der Waals surface area contributed by atoms with Crippen LogP contribution in [0.1, 0.15) is 32.6 Å². The van der Waals surface area contributed by atoms with Crippen molar-refractivity contribution in [1.82, 2.24) is 0 Å². The van der Waals surface area contributed by atoms with Crippen LogP contribution in [0.3, 0.4) is 0 Å². The summed E-state index contributed by atoms with van der Waals surface area (Å²) >= 11 is 0. The zero-order chi connectivity index (χ0) is 8.53. The molecule has 11 heavy (non-hydrogen) atoms. The van der Waals surface area contributed by atoms with E-state index in [1.54, 1.807) is 0 Å². The maximum Gasteiger partial charge on any atom is -0.0286 e. The van der Waals surface area contributed by atoms with E-state index in [9.17, 15) is 0 Å². The summed E-state index contributed by atoms with van der Waals surface area (Å²) in [5, 5.41) is 0. The molecule has 0 heterocycles. The summed E-state index contributed by atoms with van der Waals surface area (Å²) in [4.78, 5) is 0. The monoisotopic (exact) mass is 150 g/mol. The highest BCUT2D eigenvalue weighted by Crippen LogP contribution is 2.12. The zero-order valence-electron chi connectivity index (χ0n) is 7.47. The molecule has 0 bridgehead atoms. The first-order chi connectivity index (χ1) is 5.35. The molecule has 0 saturated heterocycles. The van der Waals surface area contributed by atoms with Gasteiger partial charge in [-0.3, -0.25) is 0 Å². The lowest BCUT2D eigenvalue weighted by Gasteiger charge is -2.01. The van der Waals surface area contributed by atoms with Crippen molar-refractivity contribution in [2.45, 2.75) is 32.6 Å². The third kappa shape index (κ3) is 5.65. The van der Waals surface area contributed by atoms with Gasteiger partial charge in [0, 0.05) is 0 Å². The molecular weight excluding hydrogens is 132 g/mol. The van der Waals surface area contributed by atoms with Gasteiger partial charge >= 0.3 is 0 Å². The van der Waals surface area contributed by atoms with Crippen LogP contribution in [0.2, 0.25) is 0 Å². The van der Waals surface area contributed by atoms with Crippen LogP contribution in [-0.2, 0) is 0 Å². The van der Waals surface area contributed by atoms with Crippen molar-refractivity contribution < 1.29 is 0 Å². The summed E-state index contributed by atoms with van der Waals surface area (Å²) in [6.07, 6.45) is 10.6. The third-order valence-electron chi connectivity index (χ3n) is 1.75. The molecule has 62 valence electrons. The zero-order valence-corrected chi connectivity index (χ0v) is 7.47. The average Bonchev–Trinajstić information content (AvgIpc) is 2.05. The Morgan fingerprint density at radius 2 is 1.55 bits per heavy atom. The van der Waals surface area contributed by atoms with Crippen molar-refractivity contribution in [3.05, 3.63) is 37.0 Å². The van der Waals surface area contributed by atoms with Gasteiger partial charge in [-0.1, -0.05) is 23.8 Å². The molecule has 0 rings (SSSR count). The lowest BCUT2D eigenvalue weighted by atomic mass is 10.0. The maximum atomic E-state index is 3.70. The minimum absolute atomic E-state index is 1.09. The highest BCUT2D eigenvalue weighted by Gasteiger charge is 1.92. The van der Waals surface area contributed by atoms with Crippen LogP contribution >= 0.6 is 0 Å². The molecule has 0 aromatic rings. The Kier molecular flexibility index (Phi) is 6.81. The lowest BCUT2D eigenvalue weighted by molar-refractivity contribution is 0.863. The van der Waals surface area contributed by atoms with E-state index in [1.165, 1.54) is 5.57 Å². The summed E-state index contributed by atoms with van der Waals surface area (Å²) in [6.45, 7) is 9.50. The van der Waals surface area contributed by atoms with Gasteiger partial charge in [-0.25, -0.2) is 0 Å². The molecule has 0 heteroatoms. The van der Waals surface area contributed by atoms with Crippen LogP contribution in [0, 0.1) is 0 Å². The van der Waals surface area contributed by atoms with Crippen LogP contribution in [0.15, 0.2) is 37.0 Å². The standard InChI is InChI=1S/C11H18/c1-4-7-9-11(6-3)10-8-5-2/h4-6H,1-2,7-10H2,3H3. The van der Waals surface area contributed by atoms with Crippen molar-refractivity contribution in [3.8, 4) is 0 Å². The van der Waals surface area contributed by atoms with Gasteiger partial charge in [-0.15, -0.1) is 13.2 Å². The molecule has 0 aromatic heterocycles. The van der Waals surface area contributed by atoms with Crippen LogP contribution in [0.4, 0.5) is 0 Å². The molecule has 0 nitrogen and oxygen atoms in total. The largest absolute Gasteiger partial charge is 0.103 e. The topological polar surface area (TPSA) is 0 Å². The van der Waals surface area contributed by atoms with Crippen molar-refractivity contribution in [3.63, 3.8) is 0 Å². The summed E-state index contributed by atoms with van der Waals surface area (Å²) < 4.78 is 0. The smallest absolute Gasteiger partial charge is 0.0286 e. The third-order valence-corrected chi connectivity index (χ3v) is 1.75. The molecule has 0 aliphatic carbocycles. The minimum atomic E-state index is 1.09. The first kappa shape index (κ1) is 10.2. The second kappa shape index (κ2) is 7.33. The van der Waals surface area contributed by atoms with E-state index in [0.29, 0.717) is 0 Å². The van der Waals surface area contributed by atoms with E-state index in [-0.39, 0.29) is 0 Å². The van der Waals surface area contributed by atoms with E-state index >= 15 is 0 Å². The fraction of sp³-hybridized carbons (Fsp3) is 0.455. The summed E-state index contributed by atoms with van der Waals surface area (Å²) in [6, 6.07) is 0. The molecule has 0 amide bonds. The second-order valence-corrected chi connectivity index (χ2v) is 2.60. The van der Waals surface area contributed by atoms with Gasteiger partial charge in [0.05, 0.1) is 0 Å². The molecule has 0 fully saturated rings. The molecule has 0 saturated carbocycles. The Morgan fingerprint density at radius 3 is 1.82 bits per heavy atom. The van der Waals surface area contributed by atoms with Gasteiger partial charge in [0.1, 0.15) is 0 Å². The minimum Gasteiger partial charge on any atom is -0.103 e. The molecular formula is C11H18. The van der Waals surface area contributed by atoms with Crippen LogP contribution in [-0.4, -0.2) is 0 Å². The summed E-state index contributed by atoms with van der Waals surface area (Å²) in [5.74, 6) is 0. The van der Waals surface area contributed by atoms with Gasteiger partial charge in [0.2, 0.25) is 0 Å². The molecule has 0 N–H and O–H groups in total. The van der Waals surface area contributed by atoms with E-state index in [1.807, 2.05) is 12.2 Å². The first-order valence-electron chi connectivity index (χ1n) is 4.21. The Bertz CT molecular complexity index is 126. The quantitative estimate of drug-likeness (QED) is 0.504. The first-order valence-corrected chi connectivity index (χ1v) is 4.21. The molecule has 0 radical (unpaired) electrons. The molecule has 0 aliphatic rings. The maximum absolute atomic E-state index is 3.70. The number of hydrogen-bond donors (Lipinski definition) is 0. The van der Waals surface area contributed by atoms with Gasteiger partial charge in [-0.05, 0) is 32.6 Å². The molecule has 0 aromatic carbocycles. The Hall–Kier alpha value is -0.780. The fourth-order valence-electron chi connectivity index (χ4n) is 0.989. The van der Waals surface area contributed by atoms with Crippen molar-refractivity contribution >= 4 is 0 Å². The van der Waals surface area contributed by atoms with Crippen molar-refractivity contribution in [1.29, 1.82) is 0 Å². The predicted molar refractivity (Wildman–Crippen MR) is 52.6 cm³/mol. The fourth-order valence-corrected chi connectivity index (χ4v) is 0.989. The highest BCUT2D eigenvalue weighted by atomic mass is 14.0. The molecule has 0 atom stereocenters. The predicted octanol–water partition coefficient (Wildman–Crippen LogP) is 3.87. The van der Waals surface area contributed by atoms with E-state index in [0.717, 1.165) is 25.7 Å². The van der Waals surface area contributed by atoms with Crippen LogP contribution < -0.4 is 0 Å². The Labute approximate surface area is 70.3 Å². The molecule has 0 spiro atoms.